The minimum Gasteiger partial charge on any atom is -0.493 e. The summed E-state index contributed by atoms with van der Waals surface area (Å²) >= 11 is 0. The fourth-order valence-electron chi connectivity index (χ4n) is 5.34. The van der Waals surface area contributed by atoms with Crippen molar-refractivity contribution < 1.29 is 47.6 Å². The maximum atomic E-state index is 12.8. The average Bonchev–Trinajstić information content (AvgIpc) is 3.21. The van der Waals surface area contributed by atoms with Crippen molar-refractivity contribution in [2.75, 3.05) is 33.0 Å². The summed E-state index contributed by atoms with van der Waals surface area (Å²) in [6.45, 7) is 8.26. The first kappa shape index (κ1) is 39.5. The summed E-state index contributed by atoms with van der Waals surface area (Å²) in [6.07, 6.45) is 4.71. The van der Waals surface area contributed by atoms with Gasteiger partial charge >= 0.3 is 23.9 Å². The summed E-state index contributed by atoms with van der Waals surface area (Å²) in [5.74, 6) is -0.150. The van der Waals surface area contributed by atoms with Gasteiger partial charge in [-0.2, -0.15) is 0 Å². The second-order valence-corrected chi connectivity index (χ2v) is 12.3. The maximum Gasteiger partial charge on any atom is 0.343 e. The largest absolute Gasteiger partial charge is 0.493 e. The Balaban J connectivity index is 1.02. The predicted molar refractivity (Wildman–Crippen MR) is 208 cm³/mol. The van der Waals surface area contributed by atoms with Crippen LogP contribution in [0.15, 0.2) is 135 Å². The molecule has 0 saturated heterocycles. The molecule has 0 unspecified atom stereocenters. The Morgan fingerprint density at radius 1 is 0.473 bits per heavy atom. The smallest absolute Gasteiger partial charge is 0.343 e. The molecule has 5 aromatic carbocycles. The molecule has 5 aromatic rings. The summed E-state index contributed by atoms with van der Waals surface area (Å²) in [4.78, 5) is 47.8. The zero-order chi connectivity index (χ0) is 38.8. The molecule has 10 heteroatoms. The highest BCUT2D eigenvalue weighted by atomic mass is 16.5. The van der Waals surface area contributed by atoms with E-state index in [9.17, 15) is 19.2 Å². The van der Waals surface area contributed by atoms with E-state index in [2.05, 4.69) is 25.3 Å². The quantitative estimate of drug-likeness (QED) is 0.0255. The Bertz CT molecular complexity index is 2080. The SMILES string of the molecule is C=CC(=O)OCCCOc1ccc(Cc2ccc(CCOC(=O)c3ccc4cc(OC(=O)c5ccc(OCCCOC(=O)C=C)cc5)ccc4c3)cc2)cc1. The van der Waals surface area contributed by atoms with Crippen molar-refractivity contribution >= 4 is 34.6 Å². The van der Waals surface area contributed by atoms with E-state index in [0.717, 1.165) is 51.8 Å². The first-order valence-corrected chi connectivity index (χ1v) is 17.8. The highest BCUT2D eigenvalue weighted by Gasteiger charge is 2.12. The fraction of sp³-hybridized carbons (Fsp3) is 0.200. The van der Waals surface area contributed by atoms with Crippen molar-refractivity contribution in [3.05, 3.63) is 162 Å². The van der Waals surface area contributed by atoms with Gasteiger partial charge in [0.1, 0.15) is 17.2 Å². The zero-order valence-corrected chi connectivity index (χ0v) is 30.4. The van der Waals surface area contributed by atoms with Crippen molar-refractivity contribution in [3.63, 3.8) is 0 Å². The molecule has 0 N–H and O–H groups in total. The highest BCUT2D eigenvalue weighted by molar-refractivity contribution is 5.96. The van der Waals surface area contributed by atoms with E-state index in [1.165, 1.54) is 0 Å². The third-order valence-corrected chi connectivity index (χ3v) is 8.26. The number of carbonyl (C=O) groups excluding carboxylic acids is 4. The lowest BCUT2D eigenvalue weighted by Crippen LogP contribution is -2.09. The maximum absolute atomic E-state index is 12.8. The molecule has 0 amide bonds. The number of carbonyl (C=O) groups is 4. The molecule has 0 bridgehead atoms. The summed E-state index contributed by atoms with van der Waals surface area (Å²) in [5.41, 5.74) is 4.15. The standard InChI is InChI=1S/C45H42O10/c1-3-42(46)52-26-5-24-50-39-18-11-34(12-19-39)29-33-9-7-32(8-10-33)23-28-54-44(48)38-14-13-37-31-41(22-17-36(37)30-38)55-45(49)35-15-20-40(21-16-35)51-25-6-27-53-43(47)4-2/h3-4,7-22,30-31H,1-2,5-6,23-29H2. The molecule has 55 heavy (non-hydrogen) atoms. The van der Waals surface area contributed by atoms with Crippen LogP contribution < -0.4 is 14.2 Å². The highest BCUT2D eigenvalue weighted by Crippen LogP contribution is 2.24. The molecule has 0 atom stereocenters. The molecule has 0 radical (unpaired) electrons. The third kappa shape index (κ3) is 12.7. The van der Waals surface area contributed by atoms with Crippen molar-refractivity contribution in [1.82, 2.24) is 0 Å². The molecule has 5 rings (SSSR count). The molecule has 10 nitrogen and oxygen atoms in total. The second kappa shape index (κ2) is 20.5. The molecular formula is C45H42O10. The molecule has 0 spiro atoms. The number of hydrogen-bond acceptors (Lipinski definition) is 10. The van der Waals surface area contributed by atoms with E-state index in [-0.39, 0.29) is 19.8 Å². The Kier molecular flexibility index (Phi) is 14.8. The third-order valence-electron chi connectivity index (χ3n) is 8.26. The van der Waals surface area contributed by atoms with Crippen LogP contribution in [-0.2, 0) is 36.6 Å². The lowest BCUT2D eigenvalue weighted by atomic mass is 10.0. The van der Waals surface area contributed by atoms with Crippen LogP contribution in [0.5, 0.6) is 17.2 Å². The van der Waals surface area contributed by atoms with Gasteiger partial charge in [0.2, 0.25) is 0 Å². The van der Waals surface area contributed by atoms with Crippen LogP contribution in [0.1, 0.15) is 50.2 Å². The van der Waals surface area contributed by atoms with E-state index in [1.54, 1.807) is 60.7 Å². The normalized spacial score (nSPS) is 10.5. The van der Waals surface area contributed by atoms with Gasteiger partial charge in [-0.15, -0.1) is 0 Å². The summed E-state index contributed by atoms with van der Waals surface area (Å²) < 4.78 is 32.4. The van der Waals surface area contributed by atoms with Crippen LogP contribution in [0.3, 0.4) is 0 Å². The molecule has 0 heterocycles. The number of esters is 4. The van der Waals surface area contributed by atoms with Gasteiger partial charge in [0.05, 0.1) is 44.2 Å². The van der Waals surface area contributed by atoms with E-state index in [0.29, 0.717) is 55.1 Å². The van der Waals surface area contributed by atoms with E-state index in [4.69, 9.17) is 28.4 Å². The van der Waals surface area contributed by atoms with Gasteiger partial charge < -0.3 is 28.4 Å². The van der Waals surface area contributed by atoms with E-state index >= 15 is 0 Å². The molecule has 0 fully saturated rings. The summed E-state index contributed by atoms with van der Waals surface area (Å²) in [5, 5.41) is 1.60. The Hall–Kier alpha value is -6.68. The topological polar surface area (TPSA) is 124 Å². The monoisotopic (exact) mass is 742 g/mol. The summed E-state index contributed by atoms with van der Waals surface area (Å²) in [7, 11) is 0. The first-order valence-electron chi connectivity index (χ1n) is 17.8. The van der Waals surface area contributed by atoms with Gasteiger partial charge in [0.25, 0.3) is 0 Å². The molecule has 0 aliphatic heterocycles. The minimum absolute atomic E-state index is 0.225. The van der Waals surface area contributed by atoms with Crippen molar-refractivity contribution in [1.29, 1.82) is 0 Å². The van der Waals surface area contributed by atoms with E-state index in [1.807, 2.05) is 36.4 Å². The molecule has 282 valence electrons. The van der Waals surface area contributed by atoms with Gasteiger partial charge in [-0.05, 0) is 94.5 Å². The van der Waals surface area contributed by atoms with Gasteiger partial charge in [-0.3, -0.25) is 0 Å². The van der Waals surface area contributed by atoms with Crippen LogP contribution in [0.25, 0.3) is 10.8 Å². The van der Waals surface area contributed by atoms with Gasteiger partial charge in [0, 0.05) is 31.4 Å². The fourth-order valence-corrected chi connectivity index (χ4v) is 5.34. The average molecular weight is 743 g/mol. The van der Waals surface area contributed by atoms with Gasteiger partial charge in [-0.1, -0.05) is 61.7 Å². The lowest BCUT2D eigenvalue weighted by Gasteiger charge is -2.09. The van der Waals surface area contributed by atoms with Crippen molar-refractivity contribution in [2.45, 2.75) is 25.7 Å². The van der Waals surface area contributed by atoms with Gasteiger partial charge in [0.15, 0.2) is 0 Å². The lowest BCUT2D eigenvalue weighted by molar-refractivity contribution is -0.138. The van der Waals surface area contributed by atoms with Crippen LogP contribution in [0, 0.1) is 0 Å². The number of benzene rings is 5. The van der Waals surface area contributed by atoms with Crippen LogP contribution >= 0.6 is 0 Å². The molecule has 0 aromatic heterocycles. The molecule has 0 aliphatic carbocycles. The Morgan fingerprint density at radius 3 is 1.56 bits per heavy atom. The van der Waals surface area contributed by atoms with Crippen LogP contribution in [0.4, 0.5) is 0 Å². The van der Waals surface area contributed by atoms with Crippen molar-refractivity contribution in [2.24, 2.45) is 0 Å². The first-order chi connectivity index (χ1) is 26.8. The van der Waals surface area contributed by atoms with Gasteiger partial charge in [-0.25, -0.2) is 19.2 Å². The minimum atomic E-state index is -0.520. The molecular weight excluding hydrogens is 700 g/mol. The second-order valence-electron chi connectivity index (χ2n) is 12.3. The number of ether oxygens (including phenoxy) is 6. The van der Waals surface area contributed by atoms with Crippen LogP contribution in [-0.4, -0.2) is 56.9 Å². The predicted octanol–water partition coefficient (Wildman–Crippen LogP) is 8.05. The molecule has 0 saturated carbocycles. The number of rotatable bonds is 20. The Morgan fingerprint density at radius 2 is 0.964 bits per heavy atom. The number of hydrogen-bond donors (Lipinski definition) is 0. The zero-order valence-electron chi connectivity index (χ0n) is 30.4. The van der Waals surface area contributed by atoms with Crippen molar-refractivity contribution in [3.8, 4) is 17.2 Å². The van der Waals surface area contributed by atoms with E-state index < -0.39 is 23.9 Å². The molecule has 0 aliphatic rings. The van der Waals surface area contributed by atoms with Crippen LogP contribution in [0.2, 0.25) is 0 Å². The Labute approximate surface area is 319 Å². The number of fused-ring (bicyclic) bond motifs is 1. The summed E-state index contributed by atoms with van der Waals surface area (Å²) in [6, 6.07) is 33.1.